The van der Waals surface area contributed by atoms with Gasteiger partial charge >= 0.3 is 0 Å². The highest BCUT2D eigenvalue weighted by molar-refractivity contribution is 5.75. The Hall–Kier alpha value is -0.610. The Labute approximate surface area is 118 Å². The molecule has 1 atom stereocenters. The fourth-order valence-electron chi connectivity index (χ4n) is 2.46. The van der Waals surface area contributed by atoms with Crippen LogP contribution in [-0.4, -0.2) is 42.5 Å². The highest BCUT2D eigenvalue weighted by Crippen LogP contribution is 2.11. The van der Waals surface area contributed by atoms with Gasteiger partial charge in [-0.3, -0.25) is 4.79 Å². The number of hydrogen-bond donors (Lipinski definition) is 2. The summed E-state index contributed by atoms with van der Waals surface area (Å²) in [5.41, 5.74) is 5.62. The second-order valence-electron chi connectivity index (χ2n) is 6.76. The maximum Gasteiger partial charge on any atom is 0.220 e. The summed E-state index contributed by atoms with van der Waals surface area (Å²) in [5, 5.41) is 3.02. The standard InChI is InChI=1S/C15H31N3O/c1-13(12-18-9-5-4-6-10-18)11-17-14(19)7-8-15(2,3)16/h13H,4-12,16H2,1-3H3,(H,17,19). The molecule has 1 saturated heterocycles. The van der Waals surface area contributed by atoms with Gasteiger partial charge in [-0.05, 0) is 52.1 Å². The molecule has 3 N–H and O–H groups in total. The van der Waals surface area contributed by atoms with Crippen molar-refractivity contribution in [3.63, 3.8) is 0 Å². The van der Waals surface area contributed by atoms with Crippen molar-refractivity contribution < 1.29 is 4.79 Å². The van der Waals surface area contributed by atoms with E-state index in [1.807, 2.05) is 13.8 Å². The third kappa shape index (κ3) is 8.22. The molecular formula is C15H31N3O. The van der Waals surface area contributed by atoms with E-state index in [-0.39, 0.29) is 11.4 Å². The van der Waals surface area contributed by atoms with E-state index >= 15 is 0 Å². The average molecular weight is 269 g/mol. The fourth-order valence-corrected chi connectivity index (χ4v) is 2.46. The van der Waals surface area contributed by atoms with Crippen LogP contribution in [0.4, 0.5) is 0 Å². The minimum Gasteiger partial charge on any atom is -0.356 e. The third-order valence-corrected chi connectivity index (χ3v) is 3.66. The Kier molecular flexibility index (Phi) is 6.80. The Morgan fingerprint density at radius 3 is 2.53 bits per heavy atom. The minimum absolute atomic E-state index is 0.129. The summed E-state index contributed by atoms with van der Waals surface area (Å²) in [6.07, 6.45) is 5.28. The highest BCUT2D eigenvalue weighted by atomic mass is 16.1. The molecule has 1 aliphatic heterocycles. The van der Waals surface area contributed by atoms with Crippen molar-refractivity contribution in [2.45, 2.75) is 58.4 Å². The largest absolute Gasteiger partial charge is 0.356 e. The van der Waals surface area contributed by atoms with Gasteiger partial charge in [0.25, 0.3) is 0 Å². The lowest BCUT2D eigenvalue weighted by Crippen LogP contribution is -2.39. The zero-order valence-corrected chi connectivity index (χ0v) is 12.9. The first-order valence-electron chi connectivity index (χ1n) is 7.65. The summed E-state index contributed by atoms with van der Waals surface area (Å²) < 4.78 is 0. The van der Waals surface area contributed by atoms with Crippen molar-refractivity contribution in [2.75, 3.05) is 26.2 Å². The van der Waals surface area contributed by atoms with Crippen LogP contribution in [0.25, 0.3) is 0 Å². The molecule has 0 aromatic rings. The van der Waals surface area contributed by atoms with E-state index in [1.165, 1.54) is 32.4 Å². The summed E-state index contributed by atoms with van der Waals surface area (Å²) in [7, 11) is 0. The quantitative estimate of drug-likeness (QED) is 0.740. The normalized spacial score (nSPS) is 19.2. The van der Waals surface area contributed by atoms with Crippen LogP contribution in [0.2, 0.25) is 0 Å². The van der Waals surface area contributed by atoms with Crippen molar-refractivity contribution in [1.29, 1.82) is 0 Å². The van der Waals surface area contributed by atoms with Crippen LogP contribution >= 0.6 is 0 Å². The van der Waals surface area contributed by atoms with Crippen LogP contribution < -0.4 is 11.1 Å². The van der Waals surface area contributed by atoms with Gasteiger partial charge in [-0.15, -0.1) is 0 Å². The molecule has 1 unspecified atom stereocenters. The zero-order valence-electron chi connectivity index (χ0n) is 12.9. The molecule has 4 heteroatoms. The van der Waals surface area contributed by atoms with E-state index in [4.69, 9.17) is 5.73 Å². The Bertz CT molecular complexity index is 267. The van der Waals surface area contributed by atoms with Gasteiger partial charge in [0.2, 0.25) is 5.91 Å². The first-order chi connectivity index (χ1) is 8.87. The molecule has 4 nitrogen and oxygen atoms in total. The van der Waals surface area contributed by atoms with E-state index in [0.29, 0.717) is 12.3 Å². The predicted octanol–water partition coefficient (Wildman–Crippen LogP) is 1.74. The molecule has 19 heavy (non-hydrogen) atoms. The fraction of sp³-hybridized carbons (Fsp3) is 0.933. The topological polar surface area (TPSA) is 58.4 Å². The second kappa shape index (κ2) is 7.85. The lowest BCUT2D eigenvalue weighted by atomic mass is 10.00. The van der Waals surface area contributed by atoms with Gasteiger partial charge in [0.05, 0.1) is 0 Å². The van der Waals surface area contributed by atoms with Gasteiger partial charge in [0.15, 0.2) is 0 Å². The molecule has 1 heterocycles. The van der Waals surface area contributed by atoms with Crippen LogP contribution in [0.15, 0.2) is 0 Å². The van der Waals surface area contributed by atoms with Gasteiger partial charge in [0, 0.05) is 25.0 Å². The summed E-state index contributed by atoms with van der Waals surface area (Å²) in [6, 6.07) is 0. The summed E-state index contributed by atoms with van der Waals surface area (Å²) >= 11 is 0. The number of rotatable bonds is 7. The van der Waals surface area contributed by atoms with Crippen LogP contribution in [0.1, 0.15) is 52.9 Å². The molecule has 1 aliphatic rings. The second-order valence-corrected chi connectivity index (χ2v) is 6.76. The number of hydrogen-bond acceptors (Lipinski definition) is 3. The van der Waals surface area contributed by atoms with Crippen molar-refractivity contribution >= 4 is 5.91 Å². The molecule has 0 bridgehead atoms. The number of nitrogens with one attached hydrogen (secondary N) is 1. The summed E-state index contributed by atoms with van der Waals surface area (Å²) in [6.45, 7) is 10.4. The van der Waals surface area contributed by atoms with Crippen molar-refractivity contribution in [1.82, 2.24) is 10.2 Å². The summed E-state index contributed by atoms with van der Waals surface area (Å²) in [5.74, 6) is 0.650. The van der Waals surface area contributed by atoms with E-state index < -0.39 is 0 Å². The smallest absolute Gasteiger partial charge is 0.220 e. The molecule has 0 spiro atoms. The van der Waals surface area contributed by atoms with Crippen molar-refractivity contribution in [2.24, 2.45) is 11.7 Å². The van der Waals surface area contributed by atoms with E-state index in [9.17, 15) is 4.79 Å². The monoisotopic (exact) mass is 269 g/mol. The molecule has 0 radical (unpaired) electrons. The maximum absolute atomic E-state index is 11.7. The number of piperidine rings is 1. The third-order valence-electron chi connectivity index (χ3n) is 3.66. The summed E-state index contributed by atoms with van der Waals surface area (Å²) in [4.78, 5) is 14.2. The molecule has 0 aromatic heterocycles. The lowest BCUT2D eigenvalue weighted by molar-refractivity contribution is -0.121. The van der Waals surface area contributed by atoms with Crippen LogP contribution in [0, 0.1) is 5.92 Å². The number of carbonyl (C=O) groups excluding carboxylic acids is 1. The van der Waals surface area contributed by atoms with Gasteiger partial charge in [-0.1, -0.05) is 13.3 Å². The average Bonchev–Trinajstić information content (AvgIpc) is 2.34. The van der Waals surface area contributed by atoms with Crippen LogP contribution in [0.5, 0.6) is 0 Å². The first-order valence-corrected chi connectivity index (χ1v) is 7.65. The molecule has 0 aromatic carbocycles. The number of carbonyl (C=O) groups is 1. The highest BCUT2D eigenvalue weighted by Gasteiger charge is 2.15. The molecule has 1 fully saturated rings. The van der Waals surface area contributed by atoms with Crippen molar-refractivity contribution in [3.8, 4) is 0 Å². The van der Waals surface area contributed by atoms with Crippen LogP contribution in [-0.2, 0) is 4.79 Å². The predicted molar refractivity (Wildman–Crippen MR) is 80.0 cm³/mol. The Balaban J connectivity index is 2.11. The minimum atomic E-state index is -0.253. The van der Waals surface area contributed by atoms with E-state index in [1.54, 1.807) is 0 Å². The number of amides is 1. The van der Waals surface area contributed by atoms with Gasteiger partial charge in [0.1, 0.15) is 0 Å². The molecule has 112 valence electrons. The van der Waals surface area contributed by atoms with Gasteiger partial charge in [-0.25, -0.2) is 0 Å². The number of likely N-dealkylation sites (tertiary alicyclic amines) is 1. The number of nitrogens with two attached hydrogens (primary N) is 1. The van der Waals surface area contributed by atoms with E-state index in [0.717, 1.165) is 19.5 Å². The molecule has 0 aliphatic carbocycles. The SMILES string of the molecule is CC(CNC(=O)CCC(C)(C)N)CN1CCCCC1. The van der Waals surface area contributed by atoms with Gasteiger partial charge < -0.3 is 16.0 Å². The molecule has 1 amide bonds. The molecular weight excluding hydrogens is 238 g/mol. The number of nitrogens with zero attached hydrogens (tertiary/aromatic N) is 1. The Morgan fingerprint density at radius 1 is 1.32 bits per heavy atom. The van der Waals surface area contributed by atoms with Crippen LogP contribution in [0.3, 0.4) is 0 Å². The van der Waals surface area contributed by atoms with E-state index in [2.05, 4.69) is 17.1 Å². The lowest BCUT2D eigenvalue weighted by Gasteiger charge is -2.29. The maximum atomic E-state index is 11.7. The van der Waals surface area contributed by atoms with Gasteiger partial charge in [-0.2, -0.15) is 0 Å². The molecule has 1 rings (SSSR count). The van der Waals surface area contributed by atoms with Crippen molar-refractivity contribution in [3.05, 3.63) is 0 Å². The molecule has 0 saturated carbocycles. The first kappa shape index (κ1) is 16.4. The Morgan fingerprint density at radius 2 is 1.95 bits per heavy atom. The zero-order chi connectivity index (χ0) is 14.3.